The van der Waals surface area contributed by atoms with E-state index in [1.807, 2.05) is 12.1 Å². The summed E-state index contributed by atoms with van der Waals surface area (Å²) < 4.78 is 4.89. The lowest BCUT2D eigenvalue weighted by Crippen LogP contribution is -2.22. The Morgan fingerprint density at radius 3 is 2.47 bits per heavy atom. The van der Waals surface area contributed by atoms with E-state index in [2.05, 4.69) is 17.1 Å². The Kier molecular flexibility index (Phi) is 6.92. The lowest BCUT2D eigenvalue weighted by molar-refractivity contribution is 0.0581. The van der Waals surface area contributed by atoms with E-state index in [1.54, 1.807) is 7.11 Å². The molecule has 5 heteroatoms. The Balaban J connectivity index is 2.34. The Morgan fingerprint density at radius 2 is 1.89 bits per heavy atom. The largest absolute Gasteiger partial charge is 0.391 e. The van der Waals surface area contributed by atoms with E-state index >= 15 is 0 Å². The highest BCUT2D eigenvalue weighted by Crippen LogP contribution is 2.10. The summed E-state index contributed by atoms with van der Waals surface area (Å²) in [4.78, 5) is 3.96. The molecule has 0 aliphatic carbocycles. The number of hydrogen-bond acceptors (Lipinski definition) is 3. The van der Waals surface area contributed by atoms with Gasteiger partial charge in [-0.15, -0.1) is 0 Å². The van der Waals surface area contributed by atoms with Gasteiger partial charge in [-0.1, -0.05) is 24.3 Å². The molecule has 0 saturated carbocycles. The van der Waals surface area contributed by atoms with Gasteiger partial charge in [0.2, 0.25) is 0 Å². The number of rotatable bonds is 8. The zero-order valence-electron chi connectivity index (χ0n) is 11.4. The second-order valence-electron chi connectivity index (χ2n) is 4.56. The van der Waals surface area contributed by atoms with E-state index in [0.717, 1.165) is 24.8 Å². The van der Waals surface area contributed by atoms with Crippen molar-refractivity contribution in [3.05, 3.63) is 35.4 Å². The number of benzene rings is 1. The fraction of sp³-hybridized carbons (Fsp3) is 0.500. The Labute approximate surface area is 114 Å². The maximum Gasteiger partial charge on any atom is 0.186 e. The predicted octanol–water partition coefficient (Wildman–Crippen LogP) is 0.790. The lowest BCUT2D eigenvalue weighted by Gasteiger charge is -2.09. The van der Waals surface area contributed by atoms with Gasteiger partial charge in [-0.3, -0.25) is 0 Å². The molecule has 5 nitrogen and oxygen atoms in total. The van der Waals surface area contributed by atoms with Gasteiger partial charge in [0, 0.05) is 7.11 Å². The van der Waals surface area contributed by atoms with Gasteiger partial charge in [0.15, 0.2) is 5.96 Å². The summed E-state index contributed by atoms with van der Waals surface area (Å²) in [6.07, 6.45) is 2.27. The summed E-state index contributed by atoms with van der Waals surface area (Å²) in [5.74, 6) is 0.108. The average Bonchev–Trinajstić information content (AvgIpc) is 2.38. The molecular weight excluding hydrogens is 242 g/mol. The standard InChI is InChI=1S/C14H23N3O2/c1-19-10-13(18)4-2-3-11-5-7-12(8-6-11)9-17-14(15)16/h5-8,13,18H,2-4,9-10H2,1H3,(H4,15,16,17). The number of methoxy groups -OCH3 is 1. The van der Waals surface area contributed by atoms with Crippen LogP contribution in [0.5, 0.6) is 0 Å². The molecule has 0 radical (unpaired) electrons. The Hall–Kier alpha value is -1.59. The minimum atomic E-state index is -0.369. The topological polar surface area (TPSA) is 93.9 Å². The summed E-state index contributed by atoms with van der Waals surface area (Å²) in [7, 11) is 1.60. The highest BCUT2D eigenvalue weighted by atomic mass is 16.5. The lowest BCUT2D eigenvalue weighted by atomic mass is 10.0. The van der Waals surface area contributed by atoms with Crippen LogP contribution < -0.4 is 11.5 Å². The fourth-order valence-corrected chi connectivity index (χ4v) is 1.81. The highest BCUT2D eigenvalue weighted by molar-refractivity contribution is 5.75. The molecule has 0 aliphatic heterocycles. The molecule has 0 aliphatic rings. The van der Waals surface area contributed by atoms with E-state index in [9.17, 15) is 5.11 Å². The van der Waals surface area contributed by atoms with E-state index in [4.69, 9.17) is 16.2 Å². The minimum Gasteiger partial charge on any atom is -0.391 e. The Morgan fingerprint density at radius 1 is 1.26 bits per heavy atom. The van der Waals surface area contributed by atoms with Crippen LogP contribution >= 0.6 is 0 Å². The predicted molar refractivity (Wildman–Crippen MR) is 76.8 cm³/mol. The molecule has 5 N–H and O–H groups in total. The van der Waals surface area contributed by atoms with Crippen molar-refractivity contribution in [1.82, 2.24) is 0 Å². The van der Waals surface area contributed by atoms with E-state index in [1.165, 1.54) is 5.56 Å². The van der Waals surface area contributed by atoms with Gasteiger partial charge in [-0.05, 0) is 30.4 Å². The SMILES string of the molecule is COCC(O)CCCc1ccc(CN=C(N)N)cc1. The summed E-state index contributed by atoms with van der Waals surface area (Å²) >= 11 is 0. The van der Waals surface area contributed by atoms with Crippen molar-refractivity contribution < 1.29 is 9.84 Å². The van der Waals surface area contributed by atoms with Crippen molar-refractivity contribution in [2.45, 2.75) is 31.9 Å². The van der Waals surface area contributed by atoms with Gasteiger partial charge in [0.05, 0.1) is 19.3 Å². The van der Waals surface area contributed by atoms with E-state index < -0.39 is 0 Å². The molecular formula is C14H23N3O2. The Bertz CT molecular complexity index is 386. The van der Waals surface area contributed by atoms with Crippen LogP contribution in [0.2, 0.25) is 0 Å². The summed E-state index contributed by atoms with van der Waals surface area (Å²) in [6, 6.07) is 8.18. The number of nitrogens with two attached hydrogens (primary N) is 2. The zero-order chi connectivity index (χ0) is 14.1. The number of aryl methyl sites for hydroxylation is 1. The first-order chi connectivity index (χ1) is 9.11. The van der Waals surface area contributed by atoms with Crippen LogP contribution in [0.15, 0.2) is 29.3 Å². The number of ether oxygens (including phenoxy) is 1. The van der Waals surface area contributed by atoms with Crippen LogP contribution in [0.1, 0.15) is 24.0 Å². The third-order valence-corrected chi connectivity index (χ3v) is 2.83. The van der Waals surface area contributed by atoms with Gasteiger partial charge in [-0.25, -0.2) is 4.99 Å². The molecule has 0 aromatic heterocycles. The number of hydrogen-bond donors (Lipinski definition) is 3. The van der Waals surface area contributed by atoms with Gasteiger partial charge in [0.1, 0.15) is 0 Å². The normalized spacial score (nSPS) is 12.1. The van der Waals surface area contributed by atoms with Crippen molar-refractivity contribution in [3.8, 4) is 0 Å². The summed E-state index contributed by atoms with van der Waals surface area (Å²) in [6.45, 7) is 0.909. The molecule has 0 spiro atoms. The average molecular weight is 265 g/mol. The molecule has 0 fully saturated rings. The molecule has 1 atom stereocenters. The third-order valence-electron chi connectivity index (χ3n) is 2.83. The summed E-state index contributed by atoms with van der Waals surface area (Å²) in [5.41, 5.74) is 12.9. The second kappa shape index (κ2) is 8.50. The maximum atomic E-state index is 9.53. The molecule has 0 saturated heterocycles. The van der Waals surface area contributed by atoms with E-state index in [0.29, 0.717) is 13.2 Å². The monoisotopic (exact) mass is 265 g/mol. The first-order valence-corrected chi connectivity index (χ1v) is 6.42. The summed E-state index contributed by atoms with van der Waals surface area (Å²) in [5, 5.41) is 9.53. The minimum absolute atomic E-state index is 0.108. The van der Waals surface area contributed by atoms with Gasteiger partial charge in [0.25, 0.3) is 0 Å². The molecule has 106 valence electrons. The first kappa shape index (κ1) is 15.5. The van der Waals surface area contributed by atoms with Crippen LogP contribution in [0.4, 0.5) is 0 Å². The van der Waals surface area contributed by atoms with Crippen LogP contribution in [0.25, 0.3) is 0 Å². The zero-order valence-corrected chi connectivity index (χ0v) is 11.4. The molecule has 0 bridgehead atoms. The molecule has 1 rings (SSSR count). The van der Waals surface area contributed by atoms with Crippen LogP contribution in [0.3, 0.4) is 0 Å². The molecule has 1 aromatic carbocycles. The van der Waals surface area contributed by atoms with Gasteiger partial charge >= 0.3 is 0 Å². The van der Waals surface area contributed by atoms with Crippen LogP contribution in [0, 0.1) is 0 Å². The van der Waals surface area contributed by atoms with Gasteiger partial charge in [-0.2, -0.15) is 0 Å². The number of nitrogens with zero attached hydrogens (tertiary/aromatic N) is 1. The molecule has 1 aromatic rings. The smallest absolute Gasteiger partial charge is 0.186 e. The molecule has 19 heavy (non-hydrogen) atoms. The third kappa shape index (κ3) is 6.79. The number of aliphatic hydroxyl groups is 1. The van der Waals surface area contributed by atoms with Crippen molar-refractivity contribution in [2.75, 3.05) is 13.7 Å². The van der Waals surface area contributed by atoms with Crippen LogP contribution in [-0.2, 0) is 17.7 Å². The van der Waals surface area contributed by atoms with Gasteiger partial charge < -0.3 is 21.3 Å². The van der Waals surface area contributed by atoms with Crippen molar-refractivity contribution >= 4 is 5.96 Å². The van der Waals surface area contributed by atoms with Crippen molar-refractivity contribution in [1.29, 1.82) is 0 Å². The fourth-order valence-electron chi connectivity index (χ4n) is 1.81. The second-order valence-corrected chi connectivity index (χ2v) is 4.56. The van der Waals surface area contributed by atoms with Crippen molar-refractivity contribution in [3.63, 3.8) is 0 Å². The van der Waals surface area contributed by atoms with E-state index in [-0.39, 0.29) is 12.1 Å². The quantitative estimate of drug-likeness (QED) is 0.478. The number of aliphatic imine (C=N–C) groups is 1. The maximum absolute atomic E-state index is 9.53. The first-order valence-electron chi connectivity index (χ1n) is 6.42. The highest BCUT2D eigenvalue weighted by Gasteiger charge is 2.03. The molecule has 0 heterocycles. The van der Waals surface area contributed by atoms with Crippen LogP contribution in [-0.4, -0.2) is 30.9 Å². The molecule has 1 unspecified atom stereocenters. The number of guanidine groups is 1. The molecule has 0 amide bonds. The van der Waals surface area contributed by atoms with Crippen molar-refractivity contribution in [2.24, 2.45) is 16.5 Å². The number of aliphatic hydroxyl groups excluding tert-OH is 1.